The average molecular weight is 352 g/mol. The molecule has 11 atom stereocenters. The van der Waals surface area contributed by atoms with Crippen molar-refractivity contribution in [3.05, 3.63) is 0 Å². The zero-order valence-corrected chi connectivity index (χ0v) is 11.2. The summed E-state index contributed by atoms with van der Waals surface area (Å²) in [5.74, 6) is 0. The lowest BCUT2D eigenvalue weighted by molar-refractivity contribution is -0.355. The van der Waals surface area contributed by atoms with Crippen LogP contribution in [0.3, 0.4) is 0 Å². The van der Waals surface area contributed by atoms with E-state index < -0.39 is 74.4 Å². The van der Waals surface area contributed by atoms with Gasteiger partial charge in [-0.2, -0.15) is 0 Å². The maximum absolute atomic E-state index is 10.4. The summed E-state index contributed by atoms with van der Waals surface area (Å²) in [5.41, 5.74) is 0. The van der Waals surface area contributed by atoms with Crippen molar-refractivity contribution in [3.8, 4) is 0 Å². The monoisotopic (exact) mass is 352 g/mol. The topological polar surface area (TPSA) is 190 Å². The van der Waals surface area contributed by atoms with Gasteiger partial charge in [-0.15, -0.1) is 0 Å². The summed E-state index contributed by atoms with van der Waals surface area (Å²) in [6.07, 6.45) is -41.2. The zero-order chi connectivity index (χ0) is 26.5. The van der Waals surface area contributed by atoms with Crippen LogP contribution in [0.25, 0.3) is 0 Å². The normalized spacial score (nSPS) is 88.1. The smallest absolute Gasteiger partial charge is 0.187 e. The van der Waals surface area contributed by atoms with E-state index in [0.29, 0.717) is 0 Å². The molecule has 23 heavy (non-hydrogen) atoms. The van der Waals surface area contributed by atoms with Gasteiger partial charge in [0.1, 0.15) is 48.7 Å². The minimum absolute atomic E-state index is 1.60. The Bertz CT molecular complexity index is 787. The van der Waals surface area contributed by atoms with Crippen LogP contribution in [0.2, 0.25) is 0 Å². The maximum atomic E-state index is 10.4. The largest absolute Gasteiger partial charge is 0.394 e. The third-order valence-electron chi connectivity index (χ3n) is 2.77. The number of aliphatic hydroxyl groups is 8. The van der Waals surface area contributed by atoms with Crippen LogP contribution in [0.1, 0.15) is 13.7 Å². The van der Waals surface area contributed by atoms with Crippen LogP contribution in [-0.2, 0) is 14.2 Å². The van der Waals surface area contributed by atoms with Gasteiger partial charge in [0.25, 0.3) is 0 Å². The molecule has 11 heteroatoms. The zero-order valence-electron chi connectivity index (χ0n) is 21.2. The molecule has 8 N–H and O–H groups in total. The molecule has 2 unspecified atom stereocenters. The molecule has 2 aliphatic heterocycles. The summed E-state index contributed by atoms with van der Waals surface area (Å²) in [6.45, 7) is -4.75. The molecule has 2 aliphatic rings. The van der Waals surface area contributed by atoms with Crippen molar-refractivity contribution in [3.63, 3.8) is 0 Å². The summed E-state index contributed by atoms with van der Waals surface area (Å²) in [5, 5.41) is 79.7. The van der Waals surface area contributed by atoms with Gasteiger partial charge in [-0.25, -0.2) is 0 Å². The van der Waals surface area contributed by atoms with E-state index in [1.165, 1.54) is 0 Å². The van der Waals surface area contributed by atoms with Crippen LogP contribution in [0.4, 0.5) is 0 Å². The number of hydrogen-bond donors (Lipinski definition) is 8. The second kappa shape index (κ2) is 7.63. The van der Waals surface area contributed by atoms with Gasteiger partial charge >= 0.3 is 0 Å². The molecule has 0 amide bonds. The van der Waals surface area contributed by atoms with Gasteiger partial charge in [-0.3, -0.25) is 0 Å². The molecule has 0 aliphatic carbocycles. The van der Waals surface area contributed by atoms with E-state index >= 15 is 0 Å². The molecular weight excluding hydrogens is 320 g/mol. The van der Waals surface area contributed by atoms with Gasteiger partial charge in [-0.05, 0) is 0 Å². The Labute approximate surface area is 144 Å². The molecule has 0 saturated carbocycles. The number of aliphatic hydroxyl groups excluding tert-OH is 2. The SMILES string of the molecule is [2H]C(O)[C@@]1([2H])O[C@@]([2H])(O[C@]2([2H])[C@@H](CO)OC([2H])(O)[C@]([2H])(O)[C@@]2([2H])O)[C@]([2H])(O)[C@@]([2H])(O)[C@@]1([2H])O. The van der Waals surface area contributed by atoms with E-state index in [-0.39, 0.29) is 0 Å². The first kappa shape index (κ1) is 9.31. The second-order valence-corrected chi connectivity index (χ2v) is 4.19. The van der Waals surface area contributed by atoms with Gasteiger partial charge in [0, 0.05) is 0 Å². The van der Waals surface area contributed by atoms with E-state index in [9.17, 15) is 40.9 Å². The van der Waals surface area contributed by atoms with Crippen LogP contribution in [0.15, 0.2) is 0 Å². The molecule has 0 radical (unpaired) electrons. The third kappa shape index (κ3) is 3.65. The predicted molar refractivity (Wildman–Crippen MR) is 68.6 cm³/mol. The first-order chi connectivity index (χ1) is 14.3. The van der Waals surface area contributed by atoms with E-state index in [1.54, 1.807) is 0 Å². The van der Waals surface area contributed by atoms with Crippen molar-refractivity contribution in [2.45, 2.75) is 61.2 Å². The minimum atomic E-state index is -4.52. The summed E-state index contributed by atoms with van der Waals surface area (Å²) in [4.78, 5) is 0. The fourth-order valence-electron chi connectivity index (χ4n) is 1.63. The Hall–Kier alpha value is -0.440. The third-order valence-corrected chi connectivity index (χ3v) is 2.77. The molecule has 0 aromatic heterocycles. The fraction of sp³-hybridized carbons (Fsp3) is 1.00. The quantitative estimate of drug-likeness (QED) is 0.241. The van der Waals surface area contributed by atoms with E-state index in [2.05, 4.69) is 14.2 Å². The Morgan fingerprint density at radius 3 is 2.09 bits per heavy atom. The lowest BCUT2D eigenvalue weighted by Gasteiger charge is -2.45. The van der Waals surface area contributed by atoms with Crippen LogP contribution in [0, 0.1) is 0 Å². The van der Waals surface area contributed by atoms with Crippen LogP contribution in [0.5, 0.6) is 0 Å². The van der Waals surface area contributed by atoms with Gasteiger partial charge in [0.2, 0.25) is 0 Å². The molecular formula is C12H22O11. The van der Waals surface area contributed by atoms with Crippen molar-refractivity contribution < 1.29 is 68.8 Å². The summed E-state index contributed by atoms with van der Waals surface area (Å²) in [7, 11) is 0. The molecule has 2 heterocycles. The predicted octanol–water partition coefficient (Wildman–Crippen LogP) is -5.40. The van der Waals surface area contributed by atoms with Crippen molar-refractivity contribution in [1.82, 2.24) is 0 Å². The van der Waals surface area contributed by atoms with Crippen molar-refractivity contribution in [2.24, 2.45) is 0 Å². The molecule has 136 valence electrons. The lowest BCUT2D eigenvalue weighted by Crippen LogP contribution is -2.64. The average Bonchev–Trinajstić information content (AvgIpc) is 2.62. The highest BCUT2D eigenvalue weighted by atomic mass is 16.7. The van der Waals surface area contributed by atoms with Gasteiger partial charge in [-0.1, -0.05) is 0 Å². The van der Waals surface area contributed by atoms with E-state index in [1.807, 2.05) is 0 Å². The highest BCUT2D eigenvalue weighted by molar-refractivity contribution is 4.93. The van der Waals surface area contributed by atoms with Crippen LogP contribution >= 0.6 is 0 Å². The van der Waals surface area contributed by atoms with E-state index in [4.69, 9.17) is 13.7 Å². The molecule has 2 rings (SSSR count). The van der Waals surface area contributed by atoms with Crippen molar-refractivity contribution >= 4 is 0 Å². The standard InChI is InChI=1S/C12H22O11/c13-1-3-5(15)6(16)9(19)12(22-3)23-10-4(2-14)21-11(20)8(18)7(10)17/h3-20H,1-2H2/t3-,4-,5+,6+,7-,8-,9-,10-,11?,12+/m1/s1/i1D,3D,5D,6D,7D,8D,9D,10D,11D,12D/t1?,3-,4-,5+,6+,7-,8-,9-,10-,11?,12+. The van der Waals surface area contributed by atoms with Gasteiger partial charge in [0.15, 0.2) is 12.5 Å². The number of ether oxygens (including phenoxy) is 3. The molecule has 0 spiro atoms. The van der Waals surface area contributed by atoms with Crippen molar-refractivity contribution in [2.75, 3.05) is 13.2 Å². The Morgan fingerprint density at radius 1 is 0.870 bits per heavy atom. The molecule has 2 fully saturated rings. The molecule has 0 aromatic rings. The highest BCUT2D eigenvalue weighted by Gasteiger charge is 2.50. The lowest BCUT2D eigenvalue weighted by atomic mass is 9.97. The van der Waals surface area contributed by atoms with Crippen LogP contribution < -0.4 is 0 Å². The highest BCUT2D eigenvalue weighted by Crippen LogP contribution is 2.28. The van der Waals surface area contributed by atoms with Gasteiger partial charge < -0.3 is 55.1 Å². The Kier molecular flexibility index (Phi) is 3.09. The maximum Gasteiger partial charge on any atom is 0.187 e. The minimum Gasteiger partial charge on any atom is -0.394 e. The second-order valence-electron chi connectivity index (χ2n) is 4.19. The first-order valence-corrected chi connectivity index (χ1v) is 5.91. The van der Waals surface area contributed by atoms with Gasteiger partial charge in [0.05, 0.1) is 26.9 Å². The first-order valence-electron chi connectivity index (χ1n) is 11.0. The number of rotatable bonds is 4. The summed E-state index contributed by atoms with van der Waals surface area (Å²) >= 11 is 0. The number of hydrogen-bond acceptors (Lipinski definition) is 11. The van der Waals surface area contributed by atoms with E-state index in [0.717, 1.165) is 0 Å². The fourth-order valence-corrected chi connectivity index (χ4v) is 1.63. The molecule has 0 bridgehead atoms. The van der Waals surface area contributed by atoms with Crippen LogP contribution in [-0.4, -0.2) is 115 Å². The summed E-state index contributed by atoms with van der Waals surface area (Å²) in [6, 6.07) is 0. The Morgan fingerprint density at radius 2 is 1.52 bits per heavy atom. The molecule has 0 aromatic carbocycles. The Balaban J connectivity index is 2.77. The molecule has 11 nitrogen and oxygen atoms in total. The molecule has 2 saturated heterocycles. The van der Waals surface area contributed by atoms with Crippen molar-refractivity contribution in [1.29, 1.82) is 0 Å². The summed E-state index contributed by atoms with van der Waals surface area (Å²) < 4.78 is 90.1.